The second-order valence-electron chi connectivity index (χ2n) is 6.22. The molecule has 2 aromatic heterocycles. The van der Waals surface area contributed by atoms with Crippen molar-refractivity contribution in [1.82, 2.24) is 19.9 Å². The van der Waals surface area contributed by atoms with Crippen LogP contribution in [-0.4, -0.2) is 20.5 Å². The number of nitrogens with zero attached hydrogens (tertiary/aromatic N) is 3. The Kier molecular flexibility index (Phi) is 5.04. The van der Waals surface area contributed by atoms with Crippen LogP contribution in [0.1, 0.15) is 60.8 Å². The summed E-state index contributed by atoms with van der Waals surface area (Å²) in [6.45, 7) is 6.33. The SMILES string of the molecule is CC[C@@H](C)c1ccc([C@H](C)NC(=O)c2nn3cccnc3c2Cl)cc1. The van der Waals surface area contributed by atoms with E-state index < -0.39 is 0 Å². The van der Waals surface area contributed by atoms with Crippen molar-refractivity contribution in [3.8, 4) is 0 Å². The molecule has 1 amide bonds. The fraction of sp³-hybridized carbons (Fsp3) is 0.316. The van der Waals surface area contributed by atoms with Crippen LogP contribution in [0.2, 0.25) is 5.02 Å². The van der Waals surface area contributed by atoms with Crippen LogP contribution in [0, 0.1) is 0 Å². The van der Waals surface area contributed by atoms with E-state index in [4.69, 9.17) is 11.6 Å². The van der Waals surface area contributed by atoms with Crippen LogP contribution in [0.15, 0.2) is 42.7 Å². The van der Waals surface area contributed by atoms with Crippen molar-refractivity contribution in [1.29, 1.82) is 0 Å². The Labute approximate surface area is 152 Å². The molecule has 2 heterocycles. The predicted molar refractivity (Wildman–Crippen MR) is 99.0 cm³/mol. The van der Waals surface area contributed by atoms with E-state index in [0.717, 1.165) is 12.0 Å². The van der Waals surface area contributed by atoms with Gasteiger partial charge in [-0.05, 0) is 36.5 Å². The molecule has 0 aliphatic heterocycles. The Balaban J connectivity index is 1.76. The topological polar surface area (TPSA) is 59.3 Å². The zero-order valence-corrected chi connectivity index (χ0v) is 15.3. The van der Waals surface area contributed by atoms with Crippen LogP contribution < -0.4 is 5.32 Å². The Morgan fingerprint density at radius 2 is 1.92 bits per heavy atom. The van der Waals surface area contributed by atoms with E-state index in [2.05, 4.69) is 53.5 Å². The largest absolute Gasteiger partial charge is 0.344 e. The highest BCUT2D eigenvalue weighted by Crippen LogP contribution is 2.23. The summed E-state index contributed by atoms with van der Waals surface area (Å²) >= 11 is 6.25. The highest BCUT2D eigenvalue weighted by atomic mass is 35.5. The molecule has 25 heavy (non-hydrogen) atoms. The molecular weight excluding hydrogens is 336 g/mol. The van der Waals surface area contributed by atoms with E-state index in [-0.39, 0.29) is 22.7 Å². The lowest BCUT2D eigenvalue weighted by Gasteiger charge is -2.15. The number of hydrogen-bond donors (Lipinski definition) is 1. The van der Waals surface area contributed by atoms with Gasteiger partial charge >= 0.3 is 0 Å². The molecule has 130 valence electrons. The summed E-state index contributed by atoms with van der Waals surface area (Å²) in [4.78, 5) is 16.7. The normalized spacial score (nSPS) is 13.6. The molecule has 1 aromatic carbocycles. The molecule has 0 fully saturated rings. The smallest absolute Gasteiger partial charge is 0.273 e. The minimum atomic E-state index is -0.311. The van der Waals surface area contributed by atoms with Gasteiger partial charge in [-0.15, -0.1) is 0 Å². The minimum Gasteiger partial charge on any atom is -0.344 e. The van der Waals surface area contributed by atoms with Gasteiger partial charge in [0.15, 0.2) is 11.3 Å². The number of carbonyl (C=O) groups is 1. The molecule has 1 N–H and O–H groups in total. The molecule has 0 saturated carbocycles. The molecule has 0 spiro atoms. The van der Waals surface area contributed by atoms with Crippen LogP contribution in [0.4, 0.5) is 0 Å². The van der Waals surface area contributed by atoms with Gasteiger partial charge in [-0.2, -0.15) is 5.10 Å². The molecule has 3 rings (SSSR count). The lowest BCUT2D eigenvalue weighted by Crippen LogP contribution is -2.27. The van der Waals surface area contributed by atoms with Crippen LogP contribution in [0.25, 0.3) is 5.65 Å². The first-order valence-corrected chi connectivity index (χ1v) is 8.78. The standard InChI is InChI=1S/C19H21ClN4O/c1-4-12(2)14-6-8-15(9-7-14)13(3)22-19(25)17-16(20)18-21-10-5-11-24(18)23-17/h5-13H,4H2,1-3H3,(H,22,25)/t12-,13+/m1/s1. The number of hydrogen-bond acceptors (Lipinski definition) is 3. The maximum Gasteiger partial charge on any atom is 0.273 e. The molecule has 2 atom stereocenters. The van der Waals surface area contributed by atoms with Crippen molar-refractivity contribution in [3.63, 3.8) is 0 Å². The quantitative estimate of drug-likeness (QED) is 0.737. The van der Waals surface area contributed by atoms with E-state index in [1.165, 1.54) is 10.1 Å². The summed E-state index contributed by atoms with van der Waals surface area (Å²) in [6.07, 6.45) is 4.43. The lowest BCUT2D eigenvalue weighted by atomic mass is 9.96. The first-order valence-electron chi connectivity index (χ1n) is 8.40. The van der Waals surface area contributed by atoms with Gasteiger partial charge in [0, 0.05) is 12.4 Å². The Bertz CT molecular complexity index is 888. The van der Waals surface area contributed by atoms with Crippen molar-refractivity contribution in [2.75, 3.05) is 0 Å². The average Bonchev–Trinajstić information content (AvgIpc) is 2.98. The number of fused-ring (bicyclic) bond motifs is 1. The number of rotatable bonds is 5. The van der Waals surface area contributed by atoms with Crippen molar-refractivity contribution < 1.29 is 4.79 Å². The molecule has 0 radical (unpaired) electrons. The van der Waals surface area contributed by atoms with Crippen LogP contribution in [-0.2, 0) is 0 Å². The number of aromatic nitrogens is 3. The second-order valence-corrected chi connectivity index (χ2v) is 6.60. The zero-order valence-electron chi connectivity index (χ0n) is 14.5. The first-order chi connectivity index (χ1) is 12.0. The fourth-order valence-electron chi connectivity index (χ4n) is 2.70. The molecule has 3 aromatic rings. The zero-order chi connectivity index (χ0) is 18.0. The predicted octanol–water partition coefficient (Wildman–Crippen LogP) is 4.39. The van der Waals surface area contributed by atoms with Gasteiger partial charge in [0.1, 0.15) is 5.02 Å². The second kappa shape index (κ2) is 7.23. The summed E-state index contributed by atoms with van der Waals surface area (Å²) in [5.74, 6) is 0.220. The van der Waals surface area contributed by atoms with E-state index in [9.17, 15) is 4.79 Å². The molecule has 0 saturated heterocycles. The summed E-state index contributed by atoms with van der Waals surface area (Å²) < 4.78 is 1.50. The third kappa shape index (κ3) is 3.51. The molecule has 0 aliphatic carbocycles. The summed E-state index contributed by atoms with van der Waals surface area (Å²) in [5, 5.41) is 7.43. The van der Waals surface area contributed by atoms with Crippen molar-refractivity contribution in [2.24, 2.45) is 0 Å². The highest BCUT2D eigenvalue weighted by molar-refractivity contribution is 6.36. The summed E-state index contributed by atoms with van der Waals surface area (Å²) in [7, 11) is 0. The monoisotopic (exact) mass is 356 g/mol. The number of halogens is 1. The lowest BCUT2D eigenvalue weighted by molar-refractivity contribution is 0.0934. The highest BCUT2D eigenvalue weighted by Gasteiger charge is 2.20. The molecule has 0 aliphatic rings. The van der Waals surface area contributed by atoms with Gasteiger partial charge in [-0.25, -0.2) is 9.50 Å². The van der Waals surface area contributed by atoms with Gasteiger partial charge in [-0.3, -0.25) is 4.79 Å². The van der Waals surface area contributed by atoms with Gasteiger partial charge in [0.2, 0.25) is 0 Å². The van der Waals surface area contributed by atoms with E-state index in [1.54, 1.807) is 18.5 Å². The van der Waals surface area contributed by atoms with Gasteiger partial charge in [0.25, 0.3) is 5.91 Å². The minimum absolute atomic E-state index is 0.146. The van der Waals surface area contributed by atoms with Crippen LogP contribution in [0.5, 0.6) is 0 Å². The summed E-state index contributed by atoms with van der Waals surface area (Å²) in [6, 6.07) is 9.94. The average molecular weight is 357 g/mol. The molecule has 5 nitrogen and oxygen atoms in total. The molecular formula is C19H21ClN4O. The number of nitrogens with one attached hydrogen (secondary N) is 1. The van der Waals surface area contributed by atoms with E-state index in [0.29, 0.717) is 11.6 Å². The molecule has 6 heteroatoms. The fourth-order valence-corrected chi connectivity index (χ4v) is 2.96. The third-order valence-electron chi connectivity index (χ3n) is 4.52. The van der Waals surface area contributed by atoms with Crippen molar-refractivity contribution >= 4 is 23.2 Å². The maximum absolute atomic E-state index is 12.5. The Morgan fingerprint density at radius 3 is 2.56 bits per heavy atom. The number of benzene rings is 1. The van der Waals surface area contributed by atoms with E-state index in [1.807, 2.05) is 6.92 Å². The van der Waals surface area contributed by atoms with E-state index >= 15 is 0 Å². The van der Waals surface area contributed by atoms with Crippen molar-refractivity contribution in [3.05, 3.63) is 64.6 Å². The Hall–Kier alpha value is -2.40. The first kappa shape index (κ1) is 17.4. The number of carbonyl (C=O) groups excluding carboxylic acids is 1. The number of amides is 1. The van der Waals surface area contributed by atoms with Crippen LogP contribution >= 0.6 is 11.6 Å². The maximum atomic E-state index is 12.5. The molecule has 0 unspecified atom stereocenters. The van der Waals surface area contributed by atoms with Crippen molar-refractivity contribution in [2.45, 2.75) is 39.2 Å². The van der Waals surface area contributed by atoms with Crippen LogP contribution in [0.3, 0.4) is 0 Å². The third-order valence-corrected chi connectivity index (χ3v) is 4.87. The van der Waals surface area contributed by atoms with Gasteiger partial charge < -0.3 is 5.32 Å². The Morgan fingerprint density at radius 1 is 1.24 bits per heavy atom. The van der Waals surface area contributed by atoms with Gasteiger partial charge in [-0.1, -0.05) is 49.7 Å². The van der Waals surface area contributed by atoms with Gasteiger partial charge in [0.05, 0.1) is 6.04 Å². The molecule has 0 bridgehead atoms. The summed E-state index contributed by atoms with van der Waals surface area (Å²) in [5.41, 5.74) is 3.00.